The van der Waals surface area contributed by atoms with E-state index >= 15 is 0 Å². The Kier molecular flexibility index (Phi) is 3.05. The second-order valence-corrected chi connectivity index (χ2v) is 7.69. The number of hydrogen-bond acceptors (Lipinski definition) is 2. The van der Waals surface area contributed by atoms with Crippen LogP contribution >= 0.6 is 0 Å². The number of pyridine rings is 2. The highest BCUT2D eigenvalue weighted by atomic mass is 14.7. The Bertz CT molecular complexity index is 1230. The van der Waals surface area contributed by atoms with Crippen molar-refractivity contribution in [2.75, 3.05) is 0 Å². The highest BCUT2D eigenvalue weighted by Crippen LogP contribution is 2.53. The Balaban J connectivity index is 1.80. The van der Waals surface area contributed by atoms with Gasteiger partial charge in [-0.2, -0.15) is 0 Å². The van der Waals surface area contributed by atoms with Gasteiger partial charge >= 0.3 is 0 Å². The van der Waals surface area contributed by atoms with Crippen molar-refractivity contribution in [3.63, 3.8) is 0 Å². The van der Waals surface area contributed by atoms with Gasteiger partial charge in [-0.3, -0.25) is 9.97 Å². The molecule has 28 heavy (non-hydrogen) atoms. The predicted octanol–water partition coefficient (Wildman–Crippen LogP) is 6.06. The normalized spacial score (nSPS) is 13.2. The summed E-state index contributed by atoms with van der Waals surface area (Å²) in [4.78, 5) is 8.76. The highest BCUT2D eigenvalue weighted by molar-refractivity contribution is 6.18. The Labute approximate surface area is 164 Å². The maximum absolute atomic E-state index is 4.38. The van der Waals surface area contributed by atoms with Crippen LogP contribution in [-0.4, -0.2) is 9.97 Å². The van der Waals surface area contributed by atoms with Crippen molar-refractivity contribution in [1.29, 1.82) is 0 Å². The van der Waals surface area contributed by atoms with Crippen LogP contribution in [0.15, 0.2) is 73.3 Å². The molecular formula is C26H18N2. The fourth-order valence-electron chi connectivity index (χ4n) is 4.68. The lowest BCUT2D eigenvalue weighted by Gasteiger charge is -2.11. The molecule has 0 amide bonds. The Morgan fingerprint density at radius 2 is 0.893 bits per heavy atom. The van der Waals surface area contributed by atoms with Gasteiger partial charge in [0, 0.05) is 35.9 Å². The lowest BCUT2D eigenvalue weighted by Crippen LogP contribution is -1.91. The summed E-state index contributed by atoms with van der Waals surface area (Å²) in [5, 5.41) is 0. The van der Waals surface area contributed by atoms with Crippen LogP contribution in [0, 0.1) is 13.8 Å². The van der Waals surface area contributed by atoms with Gasteiger partial charge in [0.15, 0.2) is 0 Å². The third-order valence-electron chi connectivity index (χ3n) is 5.90. The maximum Gasteiger partial charge on any atom is 0.0353 e. The van der Waals surface area contributed by atoms with E-state index in [1.165, 1.54) is 66.8 Å². The van der Waals surface area contributed by atoms with E-state index in [-0.39, 0.29) is 0 Å². The van der Waals surface area contributed by atoms with Gasteiger partial charge in [-0.25, -0.2) is 0 Å². The van der Waals surface area contributed by atoms with Gasteiger partial charge in [-0.15, -0.1) is 0 Å². The number of rotatable bonds is 0. The molecule has 2 aromatic carbocycles. The van der Waals surface area contributed by atoms with E-state index in [9.17, 15) is 0 Å². The zero-order chi connectivity index (χ0) is 18.8. The molecule has 0 atom stereocenters. The minimum atomic E-state index is 1.17. The predicted molar refractivity (Wildman–Crippen MR) is 114 cm³/mol. The molecule has 2 aromatic heterocycles. The Hall–Kier alpha value is -3.52. The topological polar surface area (TPSA) is 25.8 Å². The Morgan fingerprint density at radius 3 is 1.36 bits per heavy atom. The van der Waals surface area contributed by atoms with Crippen molar-refractivity contribution < 1.29 is 0 Å². The minimum absolute atomic E-state index is 1.17. The van der Waals surface area contributed by atoms with Gasteiger partial charge in [-0.1, -0.05) is 47.5 Å². The molecule has 0 saturated carbocycles. The summed E-state index contributed by atoms with van der Waals surface area (Å²) >= 11 is 0. The quantitative estimate of drug-likeness (QED) is 0.330. The smallest absolute Gasteiger partial charge is 0.0353 e. The average Bonchev–Trinajstić information content (AvgIpc) is 3.20. The molecule has 0 bridgehead atoms. The molecule has 0 fully saturated rings. The van der Waals surface area contributed by atoms with Crippen LogP contribution in [-0.2, 0) is 0 Å². The third-order valence-corrected chi connectivity index (χ3v) is 5.90. The van der Waals surface area contributed by atoms with E-state index in [1.807, 2.05) is 24.8 Å². The molecular weight excluding hydrogens is 340 g/mol. The number of nitrogens with zero attached hydrogens (tertiary/aromatic N) is 2. The van der Waals surface area contributed by atoms with Crippen LogP contribution in [0.1, 0.15) is 33.4 Å². The number of fused-ring (bicyclic) bond motifs is 6. The first-order valence-electron chi connectivity index (χ1n) is 9.58. The second kappa shape index (κ2) is 5.49. The van der Waals surface area contributed by atoms with Crippen LogP contribution in [0.5, 0.6) is 0 Å². The van der Waals surface area contributed by atoms with E-state index < -0.39 is 0 Å². The number of aromatic nitrogens is 2. The van der Waals surface area contributed by atoms with Crippen LogP contribution in [0.2, 0.25) is 0 Å². The molecule has 0 radical (unpaired) electrons. The number of hydrogen-bond donors (Lipinski definition) is 0. The highest BCUT2D eigenvalue weighted by Gasteiger charge is 2.32. The van der Waals surface area contributed by atoms with Gasteiger partial charge in [0.1, 0.15) is 0 Å². The molecule has 2 heteroatoms. The molecule has 2 nitrogen and oxygen atoms in total. The van der Waals surface area contributed by atoms with E-state index in [2.05, 4.69) is 72.3 Å². The third kappa shape index (κ3) is 1.97. The molecule has 0 N–H and O–H groups in total. The molecule has 0 unspecified atom stereocenters. The molecule has 132 valence electrons. The first-order valence-corrected chi connectivity index (χ1v) is 9.58. The van der Waals surface area contributed by atoms with E-state index in [1.54, 1.807) is 0 Å². The van der Waals surface area contributed by atoms with Gasteiger partial charge in [0.05, 0.1) is 0 Å². The Morgan fingerprint density at radius 1 is 0.464 bits per heavy atom. The van der Waals surface area contributed by atoms with E-state index in [0.29, 0.717) is 0 Å². The molecule has 0 aliphatic heterocycles. The van der Waals surface area contributed by atoms with Crippen molar-refractivity contribution in [2.24, 2.45) is 0 Å². The summed E-state index contributed by atoms with van der Waals surface area (Å²) in [7, 11) is 0. The molecule has 0 spiro atoms. The van der Waals surface area contributed by atoms with Crippen LogP contribution in [0.3, 0.4) is 0 Å². The second-order valence-electron chi connectivity index (χ2n) is 7.69. The van der Waals surface area contributed by atoms with Crippen LogP contribution in [0.25, 0.3) is 33.4 Å². The van der Waals surface area contributed by atoms with Crippen molar-refractivity contribution in [3.05, 3.63) is 107 Å². The monoisotopic (exact) mass is 358 g/mol. The van der Waals surface area contributed by atoms with Gasteiger partial charge in [0.25, 0.3) is 0 Å². The molecule has 6 rings (SSSR count). The zero-order valence-electron chi connectivity index (χ0n) is 15.8. The van der Waals surface area contributed by atoms with Crippen molar-refractivity contribution >= 4 is 11.1 Å². The molecule has 4 aromatic rings. The largest absolute Gasteiger partial charge is 0.264 e. The zero-order valence-corrected chi connectivity index (χ0v) is 15.8. The van der Waals surface area contributed by atoms with E-state index in [0.717, 1.165) is 0 Å². The van der Waals surface area contributed by atoms with Crippen LogP contribution in [0.4, 0.5) is 0 Å². The SMILES string of the molecule is Cc1ccc2c(c1)-c1cc(C)ccc1C2=C1c2ccncc2-c2cnccc21. The summed E-state index contributed by atoms with van der Waals surface area (Å²) in [5.41, 5.74) is 15.3. The molecule has 2 heterocycles. The maximum atomic E-state index is 4.38. The fraction of sp³-hybridized carbons (Fsp3) is 0.0769. The number of benzene rings is 2. The standard InChI is InChI=1S/C26H18N2/c1-15-3-5-17-21(11-15)22-12-16(2)4-6-18(22)25(17)26-19-7-9-27-13-23(19)24-14-28-10-8-20(24)26/h3-14H,1-2H3. The molecule has 2 aliphatic rings. The van der Waals surface area contributed by atoms with Crippen molar-refractivity contribution in [3.8, 4) is 22.3 Å². The number of aryl methyl sites for hydroxylation is 2. The lowest BCUT2D eigenvalue weighted by molar-refractivity contribution is 1.30. The molecule has 0 saturated heterocycles. The first-order chi connectivity index (χ1) is 13.7. The average molecular weight is 358 g/mol. The van der Waals surface area contributed by atoms with Crippen molar-refractivity contribution in [2.45, 2.75) is 13.8 Å². The minimum Gasteiger partial charge on any atom is -0.264 e. The van der Waals surface area contributed by atoms with Gasteiger partial charge < -0.3 is 0 Å². The summed E-state index contributed by atoms with van der Waals surface area (Å²) in [6, 6.07) is 17.9. The van der Waals surface area contributed by atoms with Gasteiger partial charge in [-0.05, 0) is 70.5 Å². The summed E-state index contributed by atoms with van der Waals surface area (Å²) < 4.78 is 0. The summed E-state index contributed by atoms with van der Waals surface area (Å²) in [5.74, 6) is 0. The summed E-state index contributed by atoms with van der Waals surface area (Å²) in [6.07, 6.45) is 7.70. The lowest BCUT2D eigenvalue weighted by atomic mass is 9.92. The van der Waals surface area contributed by atoms with E-state index in [4.69, 9.17) is 0 Å². The molecule has 2 aliphatic carbocycles. The van der Waals surface area contributed by atoms with Gasteiger partial charge in [0.2, 0.25) is 0 Å². The first kappa shape index (κ1) is 15.5. The van der Waals surface area contributed by atoms with Crippen molar-refractivity contribution in [1.82, 2.24) is 9.97 Å². The van der Waals surface area contributed by atoms with Crippen LogP contribution < -0.4 is 0 Å². The fourth-order valence-corrected chi connectivity index (χ4v) is 4.68. The summed E-state index contributed by atoms with van der Waals surface area (Å²) in [6.45, 7) is 4.33.